The second kappa shape index (κ2) is 4.72. The lowest BCUT2D eigenvalue weighted by Gasteiger charge is -2.61. The second-order valence-corrected chi connectivity index (χ2v) is 9.12. The van der Waals surface area contributed by atoms with E-state index >= 15 is 0 Å². The molecule has 1 N–H and O–H groups in total. The van der Waals surface area contributed by atoms with Crippen LogP contribution in [0.25, 0.3) is 0 Å². The minimum Gasteiger partial charge on any atom is -0.393 e. The predicted molar refractivity (Wildman–Crippen MR) is 86.2 cm³/mol. The SMILES string of the molecule is CN1C(=O)CC[C@]2(C)C3CC[C@]4(C)[C@@H](O)CC[C@H]4C3CC[C@@H]12. The molecule has 0 aromatic heterocycles. The summed E-state index contributed by atoms with van der Waals surface area (Å²) in [5.74, 6) is 2.59. The van der Waals surface area contributed by atoms with Crippen LogP contribution in [0.4, 0.5) is 0 Å². The van der Waals surface area contributed by atoms with Gasteiger partial charge in [0, 0.05) is 19.5 Å². The highest BCUT2D eigenvalue weighted by atomic mass is 16.3. The van der Waals surface area contributed by atoms with E-state index in [0.29, 0.717) is 23.3 Å². The molecule has 0 bridgehead atoms. The Morgan fingerprint density at radius 2 is 1.73 bits per heavy atom. The molecule has 3 nitrogen and oxygen atoms in total. The number of likely N-dealkylation sites (tertiary alicyclic amines) is 1. The first-order chi connectivity index (χ1) is 10.4. The molecule has 1 aliphatic heterocycles. The minimum absolute atomic E-state index is 0.0837. The Balaban J connectivity index is 1.65. The van der Waals surface area contributed by atoms with Gasteiger partial charge in [-0.3, -0.25) is 4.79 Å². The van der Waals surface area contributed by atoms with Crippen LogP contribution in [0.3, 0.4) is 0 Å². The molecule has 2 unspecified atom stereocenters. The standard InChI is InChI=1S/C19H31NO2/c1-18-11-9-17(22)20(3)15(18)6-4-12-13-5-7-16(21)19(13,2)10-8-14(12)18/h12-16,21H,4-11H2,1-3H3/t12?,13-,14?,15+,16-,18+,19-/m0/s1. The molecule has 124 valence electrons. The molecule has 0 radical (unpaired) electrons. The second-order valence-electron chi connectivity index (χ2n) is 9.12. The van der Waals surface area contributed by atoms with Crippen LogP contribution in [-0.4, -0.2) is 35.1 Å². The summed E-state index contributed by atoms with van der Waals surface area (Å²) in [4.78, 5) is 14.2. The average Bonchev–Trinajstić information content (AvgIpc) is 2.79. The van der Waals surface area contributed by atoms with Crippen molar-refractivity contribution in [2.75, 3.05) is 7.05 Å². The molecule has 0 aromatic rings. The summed E-state index contributed by atoms with van der Waals surface area (Å²) in [5.41, 5.74) is 0.473. The third-order valence-corrected chi connectivity index (χ3v) is 8.51. The third-order valence-electron chi connectivity index (χ3n) is 8.51. The number of fused-ring (bicyclic) bond motifs is 5. The number of amides is 1. The number of rotatable bonds is 0. The van der Waals surface area contributed by atoms with Crippen molar-refractivity contribution in [2.45, 2.75) is 77.4 Å². The molecule has 4 rings (SSSR count). The van der Waals surface area contributed by atoms with Crippen molar-refractivity contribution in [3.8, 4) is 0 Å². The van der Waals surface area contributed by atoms with Crippen LogP contribution >= 0.6 is 0 Å². The van der Waals surface area contributed by atoms with Gasteiger partial charge in [-0.05, 0) is 73.5 Å². The molecule has 22 heavy (non-hydrogen) atoms. The number of carbonyl (C=O) groups excluding carboxylic acids is 1. The molecule has 4 fully saturated rings. The van der Waals surface area contributed by atoms with Gasteiger partial charge in [0.25, 0.3) is 0 Å². The fraction of sp³-hybridized carbons (Fsp3) is 0.947. The van der Waals surface area contributed by atoms with Crippen LogP contribution in [0.15, 0.2) is 0 Å². The highest BCUT2D eigenvalue weighted by molar-refractivity contribution is 5.77. The van der Waals surface area contributed by atoms with Gasteiger partial charge < -0.3 is 10.0 Å². The van der Waals surface area contributed by atoms with E-state index in [1.807, 2.05) is 7.05 Å². The van der Waals surface area contributed by atoms with Crippen LogP contribution < -0.4 is 0 Å². The van der Waals surface area contributed by atoms with Crippen LogP contribution in [0.1, 0.15) is 65.2 Å². The lowest BCUT2D eigenvalue weighted by atomic mass is 9.47. The minimum atomic E-state index is -0.0837. The van der Waals surface area contributed by atoms with Gasteiger partial charge in [0.2, 0.25) is 5.91 Å². The molecule has 7 atom stereocenters. The van der Waals surface area contributed by atoms with Crippen molar-refractivity contribution in [3.63, 3.8) is 0 Å². The molecule has 4 aliphatic rings. The van der Waals surface area contributed by atoms with Crippen molar-refractivity contribution in [2.24, 2.45) is 28.6 Å². The molecular weight excluding hydrogens is 274 g/mol. The lowest BCUT2D eigenvalue weighted by Crippen LogP contribution is -2.61. The maximum Gasteiger partial charge on any atom is 0.222 e. The van der Waals surface area contributed by atoms with Gasteiger partial charge in [-0.2, -0.15) is 0 Å². The summed E-state index contributed by atoms with van der Waals surface area (Å²) < 4.78 is 0. The number of hydrogen-bond donors (Lipinski definition) is 1. The van der Waals surface area contributed by atoms with Gasteiger partial charge in [-0.1, -0.05) is 13.8 Å². The maximum atomic E-state index is 12.1. The molecular formula is C19H31NO2. The van der Waals surface area contributed by atoms with Crippen LogP contribution in [0, 0.1) is 28.6 Å². The van der Waals surface area contributed by atoms with Gasteiger partial charge in [0.15, 0.2) is 0 Å². The summed E-state index contributed by atoms with van der Waals surface area (Å²) in [6.07, 6.45) is 8.81. The number of piperidine rings is 1. The Hall–Kier alpha value is -0.570. The van der Waals surface area contributed by atoms with Crippen LogP contribution in [-0.2, 0) is 4.79 Å². The topological polar surface area (TPSA) is 40.5 Å². The Kier molecular flexibility index (Phi) is 3.21. The van der Waals surface area contributed by atoms with Gasteiger partial charge in [-0.15, -0.1) is 0 Å². The van der Waals surface area contributed by atoms with Crippen LogP contribution in [0.2, 0.25) is 0 Å². The van der Waals surface area contributed by atoms with E-state index < -0.39 is 0 Å². The number of hydrogen-bond acceptors (Lipinski definition) is 2. The first-order valence-electron chi connectivity index (χ1n) is 9.31. The van der Waals surface area contributed by atoms with E-state index in [4.69, 9.17) is 0 Å². The summed E-state index contributed by atoms with van der Waals surface area (Å²) >= 11 is 0. The molecule has 3 aliphatic carbocycles. The normalized spacial score (nSPS) is 54.6. The average molecular weight is 305 g/mol. The number of nitrogens with zero attached hydrogens (tertiary/aromatic N) is 1. The maximum absolute atomic E-state index is 12.1. The zero-order valence-electron chi connectivity index (χ0n) is 14.3. The predicted octanol–water partition coefficient (Wildman–Crippen LogP) is 3.21. The summed E-state index contributed by atoms with van der Waals surface area (Å²) in [7, 11) is 2.02. The number of aliphatic hydroxyl groups is 1. The van der Waals surface area contributed by atoms with E-state index in [9.17, 15) is 9.90 Å². The van der Waals surface area contributed by atoms with Gasteiger partial charge in [-0.25, -0.2) is 0 Å². The molecule has 3 heteroatoms. The Bertz CT molecular complexity index is 492. The highest BCUT2D eigenvalue weighted by Crippen LogP contribution is 2.64. The fourth-order valence-electron chi connectivity index (χ4n) is 7.12. The van der Waals surface area contributed by atoms with Gasteiger partial charge in [0.1, 0.15) is 0 Å². The smallest absolute Gasteiger partial charge is 0.222 e. The van der Waals surface area contributed by atoms with Crippen molar-refractivity contribution in [1.82, 2.24) is 4.90 Å². The third kappa shape index (κ3) is 1.75. The molecule has 0 aromatic carbocycles. The first-order valence-corrected chi connectivity index (χ1v) is 9.31. The molecule has 3 saturated carbocycles. The molecule has 1 heterocycles. The summed E-state index contributed by atoms with van der Waals surface area (Å²) in [6.45, 7) is 4.81. The van der Waals surface area contributed by atoms with E-state index in [2.05, 4.69) is 18.7 Å². The monoisotopic (exact) mass is 305 g/mol. The molecule has 0 spiro atoms. The van der Waals surface area contributed by atoms with E-state index in [0.717, 1.165) is 31.1 Å². The number of aliphatic hydroxyl groups excluding tert-OH is 1. The largest absolute Gasteiger partial charge is 0.393 e. The van der Waals surface area contributed by atoms with Gasteiger partial charge in [0.05, 0.1) is 6.10 Å². The highest BCUT2D eigenvalue weighted by Gasteiger charge is 2.60. The Labute approximate surface area is 134 Å². The zero-order chi connectivity index (χ0) is 15.7. The fourth-order valence-corrected chi connectivity index (χ4v) is 7.12. The van der Waals surface area contributed by atoms with Gasteiger partial charge >= 0.3 is 0 Å². The van der Waals surface area contributed by atoms with E-state index in [1.165, 1.54) is 32.1 Å². The first kappa shape index (κ1) is 15.0. The number of carbonyl (C=O) groups is 1. The van der Waals surface area contributed by atoms with Crippen molar-refractivity contribution in [1.29, 1.82) is 0 Å². The Morgan fingerprint density at radius 1 is 1.00 bits per heavy atom. The molecule has 1 saturated heterocycles. The molecule has 1 amide bonds. The quantitative estimate of drug-likeness (QED) is 0.746. The van der Waals surface area contributed by atoms with Crippen molar-refractivity contribution in [3.05, 3.63) is 0 Å². The summed E-state index contributed by atoms with van der Waals surface area (Å²) in [5, 5.41) is 10.5. The Morgan fingerprint density at radius 3 is 2.50 bits per heavy atom. The van der Waals surface area contributed by atoms with Crippen molar-refractivity contribution >= 4 is 5.91 Å². The van der Waals surface area contributed by atoms with Crippen LogP contribution in [0.5, 0.6) is 0 Å². The van der Waals surface area contributed by atoms with E-state index in [-0.39, 0.29) is 11.5 Å². The lowest BCUT2D eigenvalue weighted by molar-refractivity contribution is -0.159. The zero-order valence-corrected chi connectivity index (χ0v) is 14.3. The van der Waals surface area contributed by atoms with Crippen molar-refractivity contribution < 1.29 is 9.90 Å². The van der Waals surface area contributed by atoms with E-state index in [1.54, 1.807) is 0 Å². The summed E-state index contributed by atoms with van der Waals surface area (Å²) in [6, 6.07) is 0.450.